The van der Waals surface area contributed by atoms with Crippen LogP contribution in [0.25, 0.3) is 0 Å². The van der Waals surface area contributed by atoms with Gasteiger partial charge < -0.3 is 9.47 Å². The normalized spacial score (nSPS) is 30.2. The van der Waals surface area contributed by atoms with E-state index in [0.29, 0.717) is 5.41 Å². The maximum Gasteiger partial charge on any atom is 0.413 e. The highest BCUT2D eigenvalue weighted by molar-refractivity contribution is 5.81. The van der Waals surface area contributed by atoms with Crippen LogP contribution < -0.4 is 0 Å². The van der Waals surface area contributed by atoms with Gasteiger partial charge in [0.25, 0.3) is 0 Å². The molecule has 0 radical (unpaired) electrons. The van der Waals surface area contributed by atoms with Crippen molar-refractivity contribution in [3.05, 3.63) is 35.4 Å². The summed E-state index contributed by atoms with van der Waals surface area (Å²) in [4.78, 5) is 26.2. The minimum absolute atomic E-state index is 0.0944. The number of aryl methyl sites for hydroxylation is 1. The topological polar surface area (TPSA) is 55.8 Å². The number of carbonyl (C=O) groups is 2. The maximum atomic E-state index is 12.5. The molecule has 1 atom stereocenters. The molecule has 0 N–H and O–H groups in total. The Morgan fingerprint density at radius 3 is 2.69 bits per heavy atom. The Morgan fingerprint density at radius 1 is 1.27 bits per heavy atom. The molecule has 0 heterocycles. The summed E-state index contributed by atoms with van der Waals surface area (Å²) in [5, 5.41) is 0. The average molecular weight is 353 g/mol. The van der Waals surface area contributed by atoms with Crippen LogP contribution in [0.15, 0.2) is 24.3 Å². The van der Waals surface area contributed by atoms with Crippen molar-refractivity contribution < 1.29 is 19.1 Å². The molecule has 0 aliphatic heterocycles. The van der Waals surface area contributed by atoms with Gasteiger partial charge in [-0.15, -0.1) is 6.42 Å². The summed E-state index contributed by atoms with van der Waals surface area (Å²) in [6.45, 7) is 1.98. The Morgan fingerprint density at radius 2 is 2.00 bits per heavy atom. The standard InChI is InChI=1S/C21H23NO4/c1-3-10-22(17-9-8-15-6-4-5-7-16(15)17)19(24)26-14-25-18(23)21-11-20(2,12-21)13-21/h1,4-7,17H,8-14H2,2H3. The number of esters is 1. The van der Waals surface area contributed by atoms with Crippen LogP contribution >= 0.6 is 0 Å². The fourth-order valence-corrected chi connectivity index (χ4v) is 5.14. The lowest BCUT2D eigenvalue weighted by Crippen LogP contribution is -2.64. The van der Waals surface area contributed by atoms with Crippen molar-refractivity contribution in [3.8, 4) is 12.3 Å². The van der Waals surface area contributed by atoms with Crippen molar-refractivity contribution in [3.63, 3.8) is 0 Å². The lowest BCUT2D eigenvalue weighted by molar-refractivity contribution is -0.226. The van der Waals surface area contributed by atoms with Crippen molar-refractivity contribution in [1.29, 1.82) is 0 Å². The Balaban J connectivity index is 1.33. The van der Waals surface area contributed by atoms with Gasteiger partial charge in [-0.2, -0.15) is 0 Å². The largest absolute Gasteiger partial charge is 0.427 e. The first-order valence-electron chi connectivity index (χ1n) is 9.08. The average Bonchev–Trinajstić information content (AvgIpc) is 2.99. The van der Waals surface area contributed by atoms with Gasteiger partial charge in [0.15, 0.2) is 0 Å². The van der Waals surface area contributed by atoms with Crippen molar-refractivity contribution in [2.45, 2.75) is 45.1 Å². The van der Waals surface area contributed by atoms with Crippen LogP contribution in [0.3, 0.4) is 0 Å². The molecule has 1 aromatic carbocycles. The van der Waals surface area contributed by atoms with Gasteiger partial charge in [-0.3, -0.25) is 9.69 Å². The zero-order valence-corrected chi connectivity index (χ0v) is 15.0. The van der Waals surface area contributed by atoms with Gasteiger partial charge in [0.2, 0.25) is 6.79 Å². The molecule has 4 aliphatic rings. The van der Waals surface area contributed by atoms with E-state index in [1.54, 1.807) is 4.90 Å². The third kappa shape index (κ3) is 2.65. The van der Waals surface area contributed by atoms with Crippen LogP contribution in [0.4, 0.5) is 4.79 Å². The number of ether oxygens (including phenoxy) is 2. The molecule has 26 heavy (non-hydrogen) atoms. The molecule has 5 rings (SSSR count). The number of hydrogen-bond acceptors (Lipinski definition) is 4. The first-order valence-corrected chi connectivity index (χ1v) is 9.08. The van der Waals surface area contributed by atoms with Gasteiger partial charge in [-0.1, -0.05) is 37.1 Å². The number of terminal acetylenes is 1. The molecule has 1 aromatic rings. The van der Waals surface area contributed by atoms with Gasteiger partial charge in [0.1, 0.15) is 0 Å². The van der Waals surface area contributed by atoms with E-state index >= 15 is 0 Å². The van der Waals surface area contributed by atoms with E-state index in [1.165, 1.54) is 5.56 Å². The summed E-state index contributed by atoms with van der Waals surface area (Å²) in [6, 6.07) is 7.95. The number of nitrogens with zero attached hydrogens (tertiary/aromatic N) is 1. The molecule has 2 bridgehead atoms. The first-order chi connectivity index (χ1) is 12.5. The maximum absolute atomic E-state index is 12.5. The van der Waals surface area contributed by atoms with E-state index in [9.17, 15) is 9.59 Å². The van der Waals surface area contributed by atoms with Crippen molar-refractivity contribution in [2.24, 2.45) is 10.8 Å². The zero-order valence-electron chi connectivity index (χ0n) is 15.0. The minimum Gasteiger partial charge on any atom is -0.427 e. The molecule has 5 heteroatoms. The summed E-state index contributed by atoms with van der Waals surface area (Å²) < 4.78 is 10.4. The molecule has 0 spiro atoms. The number of hydrogen-bond donors (Lipinski definition) is 0. The Kier molecular flexibility index (Phi) is 3.95. The van der Waals surface area contributed by atoms with E-state index in [4.69, 9.17) is 15.9 Å². The molecule has 5 nitrogen and oxygen atoms in total. The van der Waals surface area contributed by atoms with E-state index in [1.807, 2.05) is 18.2 Å². The fraction of sp³-hybridized carbons (Fsp3) is 0.524. The van der Waals surface area contributed by atoms with Gasteiger partial charge in [0, 0.05) is 0 Å². The van der Waals surface area contributed by atoms with E-state index in [-0.39, 0.29) is 30.8 Å². The highest BCUT2D eigenvalue weighted by atomic mass is 16.7. The number of rotatable bonds is 5. The predicted molar refractivity (Wildman–Crippen MR) is 94.9 cm³/mol. The summed E-state index contributed by atoms with van der Waals surface area (Å²) in [5.74, 6) is 2.28. The molecule has 3 saturated carbocycles. The Bertz CT molecular complexity index is 774. The smallest absolute Gasteiger partial charge is 0.413 e. The van der Waals surface area contributed by atoms with Crippen molar-refractivity contribution in [2.75, 3.05) is 13.3 Å². The Hall–Kier alpha value is -2.48. The first kappa shape index (κ1) is 17.0. The van der Waals surface area contributed by atoms with Crippen LogP contribution in [0.5, 0.6) is 0 Å². The lowest BCUT2D eigenvalue weighted by Gasteiger charge is -2.67. The molecule has 0 saturated heterocycles. The molecule has 136 valence electrons. The number of benzene rings is 1. The molecule has 0 aromatic heterocycles. The number of fused-ring (bicyclic) bond motifs is 1. The third-order valence-corrected chi connectivity index (χ3v) is 6.07. The summed E-state index contributed by atoms with van der Waals surface area (Å²) in [7, 11) is 0. The fourth-order valence-electron chi connectivity index (χ4n) is 5.14. The second-order valence-electron chi connectivity index (χ2n) is 8.17. The summed E-state index contributed by atoms with van der Waals surface area (Å²) in [6.07, 6.45) is 9.28. The quantitative estimate of drug-likeness (QED) is 0.462. The van der Waals surface area contributed by atoms with Gasteiger partial charge in [-0.25, -0.2) is 4.79 Å². The molecule has 4 aliphatic carbocycles. The third-order valence-electron chi connectivity index (χ3n) is 6.07. The predicted octanol–water partition coefficient (Wildman–Crippen LogP) is 3.44. The lowest BCUT2D eigenvalue weighted by atomic mass is 9.36. The summed E-state index contributed by atoms with van der Waals surface area (Å²) in [5.41, 5.74) is 2.36. The second-order valence-corrected chi connectivity index (χ2v) is 8.17. The molecular formula is C21H23NO4. The van der Waals surface area contributed by atoms with Crippen LogP contribution in [0, 0.1) is 23.2 Å². The van der Waals surface area contributed by atoms with Gasteiger partial charge in [-0.05, 0) is 48.6 Å². The van der Waals surface area contributed by atoms with E-state index < -0.39 is 6.09 Å². The second kappa shape index (κ2) is 6.05. The zero-order chi connectivity index (χ0) is 18.4. The van der Waals surface area contributed by atoms with Crippen LogP contribution in [-0.2, 0) is 20.7 Å². The summed E-state index contributed by atoms with van der Waals surface area (Å²) >= 11 is 0. The molecular weight excluding hydrogens is 330 g/mol. The molecule has 1 unspecified atom stereocenters. The number of carbonyl (C=O) groups excluding carboxylic acids is 2. The van der Waals surface area contributed by atoms with Crippen LogP contribution in [0.2, 0.25) is 0 Å². The van der Waals surface area contributed by atoms with Crippen LogP contribution in [-0.4, -0.2) is 30.3 Å². The highest BCUT2D eigenvalue weighted by Crippen LogP contribution is 2.73. The van der Waals surface area contributed by atoms with Crippen LogP contribution in [0.1, 0.15) is 49.8 Å². The minimum atomic E-state index is -0.540. The number of amides is 1. The monoisotopic (exact) mass is 353 g/mol. The van der Waals surface area contributed by atoms with Crippen molar-refractivity contribution in [1.82, 2.24) is 4.90 Å². The SMILES string of the molecule is C#CCN(C(=O)OCOC(=O)C12CC(C)(C1)C2)C1CCc2ccccc21. The Labute approximate surface area is 153 Å². The van der Waals surface area contributed by atoms with Crippen molar-refractivity contribution >= 4 is 12.1 Å². The molecule has 1 amide bonds. The highest BCUT2D eigenvalue weighted by Gasteiger charge is 2.69. The van der Waals surface area contributed by atoms with E-state index in [0.717, 1.165) is 37.7 Å². The van der Waals surface area contributed by atoms with E-state index in [2.05, 4.69) is 18.9 Å². The van der Waals surface area contributed by atoms with Gasteiger partial charge in [0.05, 0.1) is 18.0 Å². The molecule has 3 fully saturated rings. The van der Waals surface area contributed by atoms with Gasteiger partial charge >= 0.3 is 12.1 Å².